The zero-order valence-corrected chi connectivity index (χ0v) is 17.0. The Morgan fingerprint density at radius 1 is 0.857 bits per heavy atom. The molecule has 0 aliphatic carbocycles. The van der Waals surface area contributed by atoms with Crippen LogP contribution in [0.2, 0.25) is 0 Å². The minimum atomic E-state index is -3.71. The third kappa shape index (κ3) is 6.41. The van der Waals surface area contributed by atoms with Crippen LogP contribution >= 0.6 is 0 Å². The van der Waals surface area contributed by atoms with E-state index in [0.717, 1.165) is 11.1 Å². The highest BCUT2D eigenvalue weighted by Crippen LogP contribution is 2.12. The van der Waals surface area contributed by atoms with E-state index in [1.54, 1.807) is 24.3 Å². The fourth-order valence-electron chi connectivity index (χ4n) is 2.49. The van der Waals surface area contributed by atoms with E-state index in [1.165, 1.54) is 31.3 Å². The summed E-state index contributed by atoms with van der Waals surface area (Å²) in [5, 5.41) is 7.85. The summed E-state index contributed by atoms with van der Waals surface area (Å²) in [7, 11) is -5.82. The number of hydrogen-bond donors (Lipinski definition) is 3. The van der Waals surface area contributed by atoms with Crippen LogP contribution in [0.5, 0.6) is 0 Å². The van der Waals surface area contributed by atoms with Gasteiger partial charge in [-0.25, -0.2) is 26.7 Å². The molecule has 0 saturated heterocycles. The summed E-state index contributed by atoms with van der Waals surface area (Å²) in [4.78, 5) is 12.2. The van der Waals surface area contributed by atoms with Gasteiger partial charge in [-0.15, -0.1) is 0 Å². The molecule has 0 radical (unpaired) electrons. The minimum Gasteiger partial charge on any atom is -0.356 e. The minimum absolute atomic E-state index is 0.0498. The molecule has 0 heterocycles. The smallest absolute Gasteiger partial charge is 0.240 e. The van der Waals surface area contributed by atoms with Crippen LogP contribution in [0.25, 0.3) is 0 Å². The number of aryl methyl sites for hydroxylation is 1. The molecule has 0 bridgehead atoms. The number of carbonyl (C=O) groups excluding carboxylic acids is 1. The average Bonchev–Trinajstić information content (AvgIpc) is 2.66. The summed E-state index contributed by atoms with van der Waals surface area (Å²) in [5.74, 6) is -0.118. The van der Waals surface area contributed by atoms with E-state index in [-0.39, 0.29) is 22.1 Å². The predicted molar refractivity (Wildman–Crippen MR) is 106 cm³/mol. The molecular weight excluding hydrogens is 402 g/mol. The highest BCUT2D eigenvalue weighted by atomic mass is 32.2. The van der Waals surface area contributed by atoms with Gasteiger partial charge in [-0.2, -0.15) is 0 Å². The van der Waals surface area contributed by atoms with Crippen molar-refractivity contribution in [2.24, 2.45) is 5.14 Å². The number of hydrogen-bond acceptors (Lipinski definition) is 5. The summed E-state index contributed by atoms with van der Waals surface area (Å²) in [5.41, 5.74) is 1.75. The molecule has 0 atom stereocenters. The number of carbonyl (C=O) groups is 1. The molecule has 2 aromatic carbocycles. The van der Waals surface area contributed by atoms with Gasteiger partial charge in [-0.3, -0.25) is 4.79 Å². The van der Waals surface area contributed by atoms with Gasteiger partial charge < -0.3 is 5.32 Å². The molecule has 0 fully saturated rings. The van der Waals surface area contributed by atoms with Gasteiger partial charge in [0.1, 0.15) is 0 Å². The summed E-state index contributed by atoms with van der Waals surface area (Å²) in [6.45, 7) is 0.424. The Balaban J connectivity index is 1.77. The molecule has 0 spiro atoms. The van der Waals surface area contributed by atoms with Crippen LogP contribution in [0.3, 0.4) is 0 Å². The second-order valence-electron chi connectivity index (χ2n) is 6.14. The monoisotopic (exact) mass is 425 g/mol. The number of benzene rings is 2. The van der Waals surface area contributed by atoms with Crippen molar-refractivity contribution in [1.82, 2.24) is 10.0 Å². The van der Waals surface area contributed by atoms with Crippen molar-refractivity contribution in [3.63, 3.8) is 0 Å². The quantitative estimate of drug-likeness (QED) is 0.539. The Kier molecular flexibility index (Phi) is 7.30. The Hall–Kier alpha value is -2.27. The number of amides is 1. The van der Waals surface area contributed by atoms with Gasteiger partial charge >= 0.3 is 0 Å². The first kappa shape index (κ1) is 22.0. The molecule has 8 nitrogen and oxygen atoms in total. The van der Waals surface area contributed by atoms with Gasteiger partial charge in [-0.05, 0) is 55.3 Å². The molecule has 0 unspecified atom stereocenters. The van der Waals surface area contributed by atoms with Crippen LogP contribution in [0.4, 0.5) is 0 Å². The van der Waals surface area contributed by atoms with Gasteiger partial charge in [0.15, 0.2) is 0 Å². The second kappa shape index (κ2) is 9.28. The highest BCUT2D eigenvalue weighted by molar-refractivity contribution is 7.89. The molecule has 152 valence electrons. The zero-order chi connectivity index (χ0) is 20.8. The Bertz CT molecular complexity index is 1020. The largest absolute Gasteiger partial charge is 0.356 e. The second-order valence-corrected chi connectivity index (χ2v) is 9.59. The van der Waals surface area contributed by atoms with Crippen molar-refractivity contribution in [1.29, 1.82) is 0 Å². The Labute approximate surface area is 165 Å². The van der Waals surface area contributed by atoms with E-state index in [9.17, 15) is 21.6 Å². The Morgan fingerprint density at radius 2 is 1.36 bits per heavy atom. The Morgan fingerprint density at radius 3 is 1.86 bits per heavy atom. The predicted octanol–water partition coefficient (Wildman–Crippen LogP) is 0.534. The topological polar surface area (TPSA) is 135 Å². The van der Waals surface area contributed by atoms with Crippen LogP contribution in [-0.4, -0.2) is 36.3 Å². The van der Waals surface area contributed by atoms with E-state index < -0.39 is 20.0 Å². The van der Waals surface area contributed by atoms with Crippen LogP contribution in [-0.2, 0) is 37.7 Å². The first-order valence-corrected chi connectivity index (χ1v) is 11.6. The van der Waals surface area contributed by atoms with Crippen molar-refractivity contribution < 1.29 is 21.6 Å². The van der Waals surface area contributed by atoms with Gasteiger partial charge in [0.2, 0.25) is 26.0 Å². The molecule has 0 aliphatic heterocycles. The average molecular weight is 426 g/mol. The molecule has 2 rings (SSSR count). The molecule has 2 aromatic rings. The van der Waals surface area contributed by atoms with Gasteiger partial charge in [-0.1, -0.05) is 24.3 Å². The van der Waals surface area contributed by atoms with Crippen molar-refractivity contribution >= 4 is 26.0 Å². The standard InChI is InChI=1S/C18H23N3O5S2/c1-20-28(25,26)17-9-4-14(5-10-17)6-11-18(22)21-13-12-15-2-7-16(8-3-15)27(19,23)24/h2-5,7-10,20H,6,11-13H2,1H3,(H,21,22)(H2,19,23,24). The van der Waals surface area contributed by atoms with Crippen molar-refractivity contribution in [3.05, 3.63) is 59.7 Å². The van der Waals surface area contributed by atoms with Gasteiger partial charge in [0.05, 0.1) is 9.79 Å². The fraction of sp³-hybridized carbons (Fsp3) is 0.278. The van der Waals surface area contributed by atoms with Crippen LogP contribution in [0.15, 0.2) is 58.3 Å². The number of sulfonamides is 2. The maximum absolute atomic E-state index is 12.0. The van der Waals surface area contributed by atoms with E-state index in [1.807, 2.05) is 0 Å². The van der Waals surface area contributed by atoms with Crippen LogP contribution < -0.4 is 15.2 Å². The van der Waals surface area contributed by atoms with E-state index in [0.29, 0.717) is 19.4 Å². The maximum Gasteiger partial charge on any atom is 0.240 e. The first-order chi connectivity index (χ1) is 13.1. The van der Waals surface area contributed by atoms with E-state index in [2.05, 4.69) is 10.0 Å². The van der Waals surface area contributed by atoms with Crippen molar-refractivity contribution in [3.8, 4) is 0 Å². The lowest BCUT2D eigenvalue weighted by atomic mass is 10.1. The van der Waals surface area contributed by atoms with Crippen LogP contribution in [0.1, 0.15) is 17.5 Å². The zero-order valence-electron chi connectivity index (χ0n) is 15.4. The third-order valence-corrected chi connectivity index (χ3v) is 6.49. The summed E-state index contributed by atoms with van der Waals surface area (Å²) < 4.78 is 48.0. The van der Waals surface area contributed by atoms with E-state index >= 15 is 0 Å². The molecule has 0 aliphatic rings. The molecule has 0 saturated carbocycles. The molecule has 0 aromatic heterocycles. The molecule has 10 heteroatoms. The third-order valence-electron chi connectivity index (χ3n) is 4.13. The first-order valence-electron chi connectivity index (χ1n) is 8.53. The SMILES string of the molecule is CNS(=O)(=O)c1ccc(CCC(=O)NCCc2ccc(S(N)(=O)=O)cc2)cc1. The number of primary sulfonamides is 1. The van der Waals surface area contributed by atoms with Crippen LogP contribution in [0, 0.1) is 0 Å². The molecular formula is C18H23N3O5S2. The number of nitrogens with two attached hydrogens (primary N) is 1. The van der Waals surface area contributed by atoms with Gasteiger partial charge in [0, 0.05) is 13.0 Å². The van der Waals surface area contributed by atoms with E-state index in [4.69, 9.17) is 5.14 Å². The summed E-state index contributed by atoms with van der Waals surface area (Å²) >= 11 is 0. The van der Waals surface area contributed by atoms with Crippen molar-refractivity contribution in [2.75, 3.05) is 13.6 Å². The number of nitrogens with one attached hydrogen (secondary N) is 2. The molecule has 4 N–H and O–H groups in total. The number of rotatable bonds is 9. The normalized spacial score (nSPS) is 11.9. The fourth-order valence-corrected chi connectivity index (χ4v) is 3.74. The summed E-state index contributed by atoms with van der Waals surface area (Å²) in [6.07, 6.45) is 1.34. The lowest BCUT2D eigenvalue weighted by molar-refractivity contribution is -0.121. The lowest BCUT2D eigenvalue weighted by Crippen LogP contribution is -2.25. The summed E-state index contributed by atoms with van der Waals surface area (Å²) in [6, 6.07) is 12.6. The highest BCUT2D eigenvalue weighted by Gasteiger charge is 2.11. The van der Waals surface area contributed by atoms with Gasteiger partial charge in [0.25, 0.3) is 0 Å². The molecule has 28 heavy (non-hydrogen) atoms. The lowest BCUT2D eigenvalue weighted by Gasteiger charge is -2.07. The maximum atomic E-state index is 12.0. The molecule has 1 amide bonds. The van der Waals surface area contributed by atoms with Crippen molar-refractivity contribution in [2.45, 2.75) is 29.1 Å².